The van der Waals surface area contributed by atoms with E-state index in [0.717, 1.165) is 31.0 Å². The van der Waals surface area contributed by atoms with E-state index in [9.17, 15) is 4.39 Å². The van der Waals surface area contributed by atoms with Crippen molar-refractivity contribution in [3.63, 3.8) is 0 Å². The summed E-state index contributed by atoms with van der Waals surface area (Å²) in [6.07, 6.45) is 2.19. The third-order valence-corrected chi connectivity index (χ3v) is 4.61. The van der Waals surface area contributed by atoms with Gasteiger partial charge in [0.25, 0.3) is 0 Å². The summed E-state index contributed by atoms with van der Waals surface area (Å²) in [6, 6.07) is 5.17. The first-order valence-electron chi connectivity index (χ1n) is 6.87. The highest BCUT2D eigenvalue weighted by molar-refractivity contribution is 9.10. The summed E-state index contributed by atoms with van der Waals surface area (Å²) in [5, 5.41) is 3.24. The van der Waals surface area contributed by atoms with E-state index in [2.05, 4.69) is 31.2 Å². The minimum Gasteiger partial charge on any atom is -0.370 e. The summed E-state index contributed by atoms with van der Waals surface area (Å²) in [5.74, 6) is 1.44. The summed E-state index contributed by atoms with van der Waals surface area (Å²) < 4.78 is 14.9. The van der Waals surface area contributed by atoms with Crippen molar-refractivity contribution >= 4 is 33.3 Å². The molecule has 1 aromatic heterocycles. The standard InChI is InChI=1S/C15H14BrClFN3/c1-2-19-12-7-11(20-15(21-12)8-3-4-8)9-5-6-10(16)13(17)14(9)18/h5-8H,2-4H2,1H3,(H,19,20,21). The van der Waals surface area contributed by atoms with Gasteiger partial charge in [-0.05, 0) is 47.8 Å². The van der Waals surface area contributed by atoms with Crippen LogP contribution >= 0.6 is 27.5 Å². The molecule has 3 nitrogen and oxygen atoms in total. The van der Waals surface area contributed by atoms with Crippen molar-refractivity contribution in [1.82, 2.24) is 9.97 Å². The Labute approximate surface area is 136 Å². The zero-order chi connectivity index (χ0) is 15.0. The van der Waals surface area contributed by atoms with Crippen molar-refractivity contribution in [1.29, 1.82) is 0 Å². The molecule has 0 radical (unpaired) electrons. The molecule has 6 heteroatoms. The highest BCUT2D eigenvalue weighted by Gasteiger charge is 2.28. The van der Waals surface area contributed by atoms with Crippen molar-refractivity contribution in [2.24, 2.45) is 0 Å². The largest absolute Gasteiger partial charge is 0.370 e. The molecule has 0 aliphatic heterocycles. The van der Waals surface area contributed by atoms with Gasteiger partial charge >= 0.3 is 0 Å². The zero-order valence-electron chi connectivity index (χ0n) is 11.5. The second-order valence-corrected chi connectivity index (χ2v) is 6.26. The lowest BCUT2D eigenvalue weighted by Crippen LogP contribution is -2.04. The molecule has 0 atom stereocenters. The van der Waals surface area contributed by atoms with Crippen molar-refractivity contribution in [2.75, 3.05) is 11.9 Å². The number of anilines is 1. The van der Waals surface area contributed by atoms with Gasteiger partial charge in [0.2, 0.25) is 0 Å². The number of halogens is 3. The van der Waals surface area contributed by atoms with Crippen LogP contribution in [-0.2, 0) is 0 Å². The van der Waals surface area contributed by atoms with Crippen LogP contribution in [0.4, 0.5) is 10.2 Å². The molecule has 0 amide bonds. The SMILES string of the molecule is CCNc1cc(-c2ccc(Br)c(Cl)c2F)nc(C2CC2)n1. The minimum atomic E-state index is -0.464. The number of aromatic nitrogens is 2. The lowest BCUT2D eigenvalue weighted by Gasteiger charge is -2.10. The maximum atomic E-state index is 14.4. The molecule has 2 aromatic rings. The Kier molecular flexibility index (Phi) is 4.13. The second-order valence-electron chi connectivity index (χ2n) is 5.02. The lowest BCUT2D eigenvalue weighted by molar-refractivity contribution is 0.630. The number of rotatable bonds is 4. The van der Waals surface area contributed by atoms with Gasteiger partial charge in [0.15, 0.2) is 5.82 Å². The van der Waals surface area contributed by atoms with Crippen molar-refractivity contribution in [3.8, 4) is 11.3 Å². The zero-order valence-corrected chi connectivity index (χ0v) is 13.8. The first-order valence-corrected chi connectivity index (χ1v) is 8.04. The maximum absolute atomic E-state index is 14.4. The van der Waals surface area contributed by atoms with Gasteiger partial charge in [-0.1, -0.05) is 11.6 Å². The molecule has 110 valence electrons. The van der Waals surface area contributed by atoms with Gasteiger partial charge in [-0.2, -0.15) is 0 Å². The van der Waals surface area contributed by atoms with Gasteiger partial charge in [-0.15, -0.1) is 0 Å². The molecule has 0 spiro atoms. The topological polar surface area (TPSA) is 37.8 Å². The van der Waals surface area contributed by atoms with Crippen LogP contribution in [0.3, 0.4) is 0 Å². The van der Waals surface area contributed by atoms with E-state index in [0.29, 0.717) is 21.6 Å². The van der Waals surface area contributed by atoms with Crippen LogP contribution < -0.4 is 5.32 Å². The minimum absolute atomic E-state index is 0.0732. The third-order valence-electron chi connectivity index (χ3n) is 3.35. The Hall–Kier alpha value is -1.20. The highest BCUT2D eigenvalue weighted by atomic mass is 79.9. The highest BCUT2D eigenvalue weighted by Crippen LogP contribution is 2.40. The number of nitrogens with one attached hydrogen (secondary N) is 1. The Morgan fingerprint density at radius 3 is 2.81 bits per heavy atom. The fourth-order valence-electron chi connectivity index (χ4n) is 2.12. The van der Waals surface area contributed by atoms with E-state index < -0.39 is 5.82 Å². The van der Waals surface area contributed by atoms with Crippen LogP contribution in [-0.4, -0.2) is 16.5 Å². The summed E-state index contributed by atoms with van der Waals surface area (Å²) in [7, 11) is 0. The van der Waals surface area contributed by atoms with Gasteiger partial charge in [0, 0.05) is 28.6 Å². The quantitative estimate of drug-likeness (QED) is 0.769. The van der Waals surface area contributed by atoms with Gasteiger partial charge < -0.3 is 5.32 Å². The molecule has 0 saturated heterocycles. The first-order chi connectivity index (χ1) is 10.1. The van der Waals surface area contributed by atoms with Crippen LogP contribution in [0, 0.1) is 5.82 Å². The normalized spacial score (nSPS) is 14.3. The number of hydrogen-bond acceptors (Lipinski definition) is 3. The first kappa shape index (κ1) is 14.7. The van der Waals surface area contributed by atoms with Gasteiger partial charge in [0.1, 0.15) is 11.6 Å². The molecule has 1 aromatic carbocycles. The number of benzene rings is 1. The fraction of sp³-hybridized carbons (Fsp3) is 0.333. The van der Waals surface area contributed by atoms with Crippen molar-refractivity contribution in [3.05, 3.63) is 39.3 Å². The van der Waals surface area contributed by atoms with Crippen molar-refractivity contribution in [2.45, 2.75) is 25.7 Å². The summed E-state index contributed by atoms with van der Waals surface area (Å²) >= 11 is 9.19. The Balaban J connectivity index is 2.10. The summed E-state index contributed by atoms with van der Waals surface area (Å²) in [4.78, 5) is 9.01. The molecule has 3 rings (SSSR count). The smallest absolute Gasteiger partial charge is 0.152 e. The Bertz CT molecular complexity index is 689. The Morgan fingerprint density at radius 1 is 1.38 bits per heavy atom. The predicted molar refractivity (Wildman–Crippen MR) is 86.3 cm³/mol. The number of hydrogen-bond donors (Lipinski definition) is 1. The molecule has 0 unspecified atom stereocenters. The molecule has 21 heavy (non-hydrogen) atoms. The molecule has 1 saturated carbocycles. The molecule has 1 heterocycles. The Morgan fingerprint density at radius 2 is 2.14 bits per heavy atom. The molecule has 1 N–H and O–H groups in total. The third kappa shape index (κ3) is 3.04. The van der Waals surface area contributed by atoms with Gasteiger partial charge in [0.05, 0.1) is 10.7 Å². The summed E-state index contributed by atoms with van der Waals surface area (Å²) in [5.41, 5.74) is 0.960. The average molecular weight is 371 g/mol. The average Bonchev–Trinajstić information content (AvgIpc) is 3.29. The van der Waals surface area contributed by atoms with Crippen LogP contribution in [0.5, 0.6) is 0 Å². The number of nitrogens with zero attached hydrogens (tertiary/aromatic N) is 2. The van der Waals surface area contributed by atoms with E-state index >= 15 is 0 Å². The van der Waals surface area contributed by atoms with Crippen LogP contribution in [0.15, 0.2) is 22.7 Å². The molecular formula is C15H14BrClFN3. The van der Waals surface area contributed by atoms with Gasteiger partial charge in [-0.3, -0.25) is 0 Å². The van der Waals surface area contributed by atoms with Crippen LogP contribution in [0.2, 0.25) is 5.02 Å². The monoisotopic (exact) mass is 369 g/mol. The van der Waals surface area contributed by atoms with Crippen molar-refractivity contribution < 1.29 is 4.39 Å². The van der Waals surface area contributed by atoms with Crippen LogP contribution in [0.1, 0.15) is 31.5 Å². The fourth-order valence-corrected chi connectivity index (χ4v) is 2.59. The predicted octanol–water partition coefficient (Wildman–Crippen LogP) is 5.01. The van der Waals surface area contributed by atoms with E-state index in [-0.39, 0.29) is 5.02 Å². The van der Waals surface area contributed by atoms with E-state index in [1.54, 1.807) is 18.2 Å². The molecule has 1 fully saturated rings. The molecule has 1 aliphatic rings. The van der Waals surface area contributed by atoms with E-state index in [4.69, 9.17) is 11.6 Å². The second kappa shape index (κ2) is 5.89. The van der Waals surface area contributed by atoms with Gasteiger partial charge in [-0.25, -0.2) is 14.4 Å². The van der Waals surface area contributed by atoms with E-state index in [1.807, 2.05) is 6.92 Å². The van der Waals surface area contributed by atoms with E-state index in [1.165, 1.54) is 0 Å². The molecule has 1 aliphatic carbocycles. The molecule has 0 bridgehead atoms. The van der Waals surface area contributed by atoms with Crippen LogP contribution in [0.25, 0.3) is 11.3 Å². The maximum Gasteiger partial charge on any atom is 0.152 e. The molecular weight excluding hydrogens is 357 g/mol. The lowest BCUT2D eigenvalue weighted by atomic mass is 10.1. The summed E-state index contributed by atoms with van der Waals surface area (Å²) in [6.45, 7) is 2.75.